The highest BCUT2D eigenvalue weighted by Crippen LogP contribution is 2.29. The number of aliphatic hydroxyl groups excluding tert-OH is 1. The monoisotopic (exact) mass is 852 g/mol. The van der Waals surface area contributed by atoms with Gasteiger partial charge in [-0.25, -0.2) is 18.4 Å². The van der Waals surface area contributed by atoms with E-state index in [1.165, 1.54) is 23.6 Å². The number of hydrogen-bond acceptors (Lipinski definition) is 10. The average molecular weight is 853 g/mol. The van der Waals surface area contributed by atoms with Crippen molar-refractivity contribution in [3.63, 3.8) is 0 Å². The Labute approximate surface area is 352 Å². The number of nitrogens with one attached hydrogen (secondary N) is 4. The largest absolute Gasteiger partial charge is 0.458 e. The number of cyclic esters (lactones) is 1. The van der Waals surface area contributed by atoms with Crippen LogP contribution >= 0.6 is 0 Å². The van der Waals surface area contributed by atoms with E-state index in [1.54, 1.807) is 24.3 Å². The van der Waals surface area contributed by atoms with Crippen molar-refractivity contribution in [3.8, 4) is 0 Å². The number of benzene rings is 2. The van der Waals surface area contributed by atoms with Crippen LogP contribution in [0.3, 0.4) is 0 Å². The molecule has 330 valence electrons. The zero-order valence-electron chi connectivity index (χ0n) is 34.9. The second kappa shape index (κ2) is 18.8. The number of hydrogen-bond donors (Lipinski definition) is 5. The number of carbonyl (C=O) groups is 7. The van der Waals surface area contributed by atoms with Crippen LogP contribution in [0, 0.1) is 17.6 Å². The summed E-state index contributed by atoms with van der Waals surface area (Å²) in [4.78, 5) is 104. The van der Waals surface area contributed by atoms with E-state index in [0.717, 1.165) is 22.7 Å². The van der Waals surface area contributed by atoms with E-state index in [9.17, 15) is 47.4 Å². The molecule has 2 aromatic carbocycles. The van der Waals surface area contributed by atoms with Gasteiger partial charge in [-0.15, -0.1) is 0 Å². The molecule has 1 unspecified atom stereocenters. The van der Waals surface area contributed by atoms with Crippen LogP contribution in [0.1, 0.15) is 58.4 Å². The van der Waals surface area contributed by atoms with E-state index in [2.05, 4.69) is 21.3 Å². The minimum absolute atomic E-state index is 0.0140. The van der Waals surface area contributed by atoms with Crippen LogP contribution in [0.2, 0.25) is 0 Å². The van der Waals surface area contributed by atoms with Crippen LogP contribution in [-0.2, 0) is 39.9 Å². The first-order chi connectivity index (χ1) is 28.9. The lowest BCUT2D eigenvalue weighted by molar-refractivity contribution is -0.163. The van der Waals surface area contributed by atoms with E-state index in [1.807, 2.05) is 25.9 Å². The lowest BCUT2D eigenvalue weighted by atomic mass is 9.98. The van der Waals surface area contributed by atoms with Crippen LogP contribution < -0.4 is 26.2 Å². The molecular weight excluding hydrogens is 799 g/mol. The third-order valence-electron chi connectivity index (χ3n) is 11.7. The number of rotatable bonds is 7. The van der Waals surface area contributed by atoms with Gasteiger partial charge in [0.1, 0.15) is 54.0 Å². The van der Waals surface area contributed by atoms with Crippen molar-refractivity contribution in [2.75, 3.05) is 43.9 Å². The lowest BCUT2D eigenvalue weighted by Gasteiger charge is -2.39. The summed E-state index contributed by atoms with van der Waals surface area (Å²) in [5, 5.41) is 21.3. The minimum atomic E-state index is -1.75. The standard InChI is InChI=1S/C42H54F2N8O9/c1-22-14-34-41(59)61-24(3)35(48-36(54)31(17-25-15-26(43)18-27(44)16-25)47-42(60)46-28-9-11-29(12-10-28)49(4)5)40(58)52-21-30(53)19-33(52)39(57)50-13-7-6-8-32(50)37(55)45-23(2)38(56)51(34)20-22/h9-12,15-16,18,22-24,30-35,53H,6-8,13-14,17,19-21H2,1-5H3,(H,45,55)(H,48,54)(H2,46,47,60)/t22-,23+,24+,30-,31+,32+,33+,34?,35+/m1/s1. The number of aliphatic hydroxyl groups is 1. The number of nitrogens with zero attached hydrogens (tertiary/aromatic N) is 4. The van der Waals surface area contributed by atoms with Crippen LogP contribution in [0.15, 0.2) is 42.5 Å². The molecule has 2 aromatic rings. The molecule has 4 aliphatic rings. The van der Waals surface area contributed by atoms with Gasteiger partial charge in [0.05, 0.1) is 6.10 Å². The summed E-state index contributed by atoms with van der Waals surface area (Å²) in [6.45, 7) is 4.68. The van der Waals surface area contributed by atoms with Crippen molar-refractivity contribution in [2.45, 2.75) is 108 Å². The number of urea groups is 1. The molecule has 0 aliphatic carbocycles. The lowest BCUT2D eigenvalue weighted by Crippen LogP contribution is -2.63. The summed E-state index contributed by atoms with van der Waals surface area (Å²) in [5.41, 5.74) is 1.18. The highest BCUT2D eigenvalue weighted by molar-refractivity contribution is 5.99. The fourth-order valence-electron chi connectivity index (χ4n) is 8.57. The zero-order chi connectivity index (χ0) is 44.3. The zero-order valence-corrected chi connectivity index (χ0v) is 34.9. The highest BCUT2D eigenvalue weighted by Gasteiger charge is 2.49. The molecular formula is C42H54F2N8O9. The molecule has 0 radical (unpaired) electrons. The second-order valence-corrected chi connectivity index (χ2v) is 16.7. The van der Waals surface area contributed by atoms with Gasteiger partial charge in [-0.05, 0) is 87.4 Å². The topological polar surface area (TPSA) is 210 Å². The van der Waals surface area contributed by atoms with E-state index >= 15 is 0 Å². The van der Waals surface area contributed by atoms with Crippen molar-refractivity contribution in [1.82, 2.24) is 30.7 Å². The highest BCUT2D eigenvalue weighted by atomic mass is 19.1. The summed E-state index contributed by atoms with van der Waals surface area (Å²) in [6, 6.07) is 0.702. The first-order valence-electron chi connectivity index (χ1n) is 20.6. The SMILES string of the molecule is C[C@@H]1CC2C(=O)O[C@@H](C)[C@H](NC(=O)[C@H](Cc3cc(F)cc(F)c3)NC(=O)Nc3ccc(N(C)C)cc3)C(=O)N3C[C@H](O)C[C@H]3C(=O)N3CCCC[C@H]3C(=O)N[C@@H](C)C(=O)N2C1. The first-order valence-corrected chi connectivity index (χ1v) is 20.6. The van der Waals surface area contributed by atoms with Crippen molar-refractivity contribution in [3.05, 3.63) is 59.7 Å². The van der Waals surface area contributed by atoms with E-state index in [-0.39, 0.29) is 50.4 Å². The summed E-state index contributed by atoms with van der Waals surface area (Å²) >= 11 is 0. The maximum absolute atomic E-state index is 14.8. The molecule has 61 heavy (non-hydrogen) atoms. The van der Waals surface area contributed by atoms with Crippen LogP contribution in [0.25, 0.3) is 0 Å². The van der Waals surface area contributed by atoms with Gasteiger partial charge in [-0.1, -0.05) is 6.92 Å². The van der Waals surface area contributed by atoms with E-state index < -0.39 is 108 Å². The Morgan fingerprint density at radius 2 is 1.54 bits per heavy atom. The molecule has 7 amide bonds. The van der Waals surface area contributed by atoms with Crippen LogP contribution in [-0.4, -0.2) is 144 Å². The second-order valence-electron chi connectivity index (χ2n) is 16.7. The maximum atomic E-state index is 14.8. The molecule has 9 atom stereocenters. The van der Waals surface area contributed by atoms with Gasteiger partial charge in [0.15, 0.2) is 0 Å². The molecule has 6 rings (SSSR count). The Morgan fingerprint density at radius 1 is 0.869 bits per heavy atom. The van der Waals surface area contributed by atoms with Gasteiger partial charge >= 0.3 is 12.0 Å². The third kappa shape index (κ3) is 10.4. The fraction of sp³-hybridized carbons (Fsp3) is 0.548. The fourth-order valence-corrected chi connectivity index (χ4v) is 8.57. The maximum Gasteiger partial charge on any atom is 0.329 e. The molecule has 0 aromatic heterocycles. The molecule has 4 aliphatic heterocycles. The molecule has 4 saturated heterocycles. The molecule has 0 bridgehead atoms. The van der Waals surface area contributed by atoms with Crippen LogP contribution in [0.5, 0.6) is 0 Å². The molecule has 0 saturated carbocycles. The Hall–Kier alpha value is -5.85. The summed E-state index contributed by atoms with van der Waals surface area (Å²) in [5.74, 6) is -6.59. The van der Waals surface area contributed by atoms with Gasteiger partial charge in [-0.2, -0.15) is 0 Å². The van der Waals surface area contributed by atoms with Gasteiger partial charge in [0.2, 0.25) is 29.5 Å². The molecule has 4 fully saturated rings. The molecule has 17 nitrogen and oxygen atoms in total. The van der Waals surface area contributed by atoms with E-state index in [0.29, 0.717) is 24.6 Å². The van der Waals surface area contributed by atoms with Crippen molar-refractivity contribution in [2.24, 2.45) is 5.92 Å². The Balaban J connectivity index is 1.35. The number of ether oxygens (including phenoxy) is 1. The third-order valence-corrected chi connectivity index (χ3v) is 11.7. The smallest absolute Gasteiger partial charge is 0.329 e. The Kier molecular flexibility index (Phi) is 13.8. The predicted octanol–water partition coefficient (Wildman–Crippen LogP) is 1.28. The number of carbonyl (C=O) groups excluding carboxylic acids is 7. The van der Waals surface area contributed by atoms with Gasteiger partial charge < -0.3 is 50.7 Å². The normalized spacial score (nSPS) is 27.9. The van der Waals surface area contributed by atoms with E-state index in [4.69, 9.17) is 4.74 Å². The molecule has 4 heterocycles. The number of fused-ring (bicyclic) bond motifs is 3. The van der Waals surface area contributed by atoms with Gasteiger partial charge in [0.25, 0.3) is 0 Å². The number of esters is 1. The summed E-state index contributed by atoms with van der Waals surface area (Å²) in [7, 11) is 3.68. The minimum Gasteiger partial charge on any atom is -0.458 e. The number of piperidine rings is 1. The summed E-state index contributed by atoms with van der Waals surface area (Å²) < 4.78 is 34.6. The number of amides is 7. The molecule has 5 N–H and O–H groups in total. The van der Waals surface area contributed by atoms with Crippen molar-refractivity contribution in [1.29, 1.82) is 0 Å². The number of anilines is 2. The summed E-state index contributed by atoms with van der Waals surface area (Å²) in [6.07, 6.45) is -1.63. The molecule has 0 spiro atoms. The van der Waals surface area contributed by atoms with Crippen molar-refractivity contribution < 1.29 is 52.2 Å². The van der Waals surface area contributed by atoms with Gasteiger partial charge in [-0.3, -0.25) is 24.0 Å². The molecule has 19 heteroatoms. The van der Waals surface area contributed by atoms with Crippen LogP contribution in [0.4, 0.5) is 25.0 Å². The quantitative estimate of drug-likeness (QED) is 0.252. The number of halogens is 2. The first kappa shape index (κ1) is 44.7. The van der Waals surface area contributed by atoms with Crippen molar-refractivity contribution >= 4 is 52.9 Å². The predicted molar refractivity (Wildman–Crippen MR) is 217 cm³/mol. The Morgan fingerprint density at radius 3 is 2.21 bits per heavy atom. The average Bonchev–Trinajstić information content (AvgIpc) is 3.80. The Bertz CT molecular complexity index is 2000. The van der Waals surface area contributed by atoms with Gasteiger partial charge in [0, 0.05) is 64.0 Å².